The van der Waals surface area contributed by atoms with Crippen molar-refractivity contribution in [2.75, 3.05) is 37.7 Å². The summed E-state index contributed by atoms with van der Waals surface area (Å²) in [6.07, 6.45) is 2.85. The summed E-state index contributed by atoms with van der Waals surface area (Å²) in [6.45, 7) is 7.30. The maximum absolute atomic E-state index is 12.7. The number of anilines is 1. The first-order chi connectivity index (χ1) is 15.9. The van der Waals surface area contributed by atoms with Gasteiger partial charge in [-0.3, -0.25) is 4.79 Å². The van der Waals surface area contributed by atoms with Crippen molar-refractivity contribution in [2.45, 2.75) is 33.6 Å². The van der Waals surface area contributed by atoms with Crippen LogP contribution in [0.5, 0.6) is 0 Å². The third kappa shape index (κ3) is 4.77. The fourth-order valence-corrected chi connectivity index (χ4v) is 5.05. The average Bonchev–Trinajstić information content (AvgIpc) is 3.11. The van der Waals surface area contributed by atoms with Gasteiger partial charge in [0.15, 0.2) is 0 Å². The molecule has 0 aromatic carbocycles. The van der Waals surface area contributed by atoms with E-state index in [4.69, 9.17) is 9.47 Å². The molecule has 4 heterocycles. The summed E-state index contributed by atoms with van der Waals surface area (Å²) in [4.78, 5) is 49.8. The van der Waals surface area contributed by atoms with Crippen molar-refractivity contribution in [3.8, 4) is 0 Å². The van der Waals surface area contributed by atoms with Crippen LogP contribution in [0.25, 0.3) is 10.2 Å². The van der Waals surface area contributed by atoms with Crippen LogP contribution in [-0.2, 0) is 19.1 Å². The molecule has 2 aliphatic rings. The highest BCUT2D eigenvalue weighted by atomic mass is 32.1. The summed E-state index contributed by atoms with van der Waals surface area (Å²) in [5.74, 6) is -0.226. The van der Waals surface area contributed by atoms with E-state index in [0.29, 0.717) is 25.9 Å². The number of thiophene rings is 1. The monoisotopic (exact) mass is 473 g/mol. The number of hydrogen-bond acceptors (Lipinski definition) is 9. The summed E-state index contributed by atoms with van der Waals surface area (Å²) in [6, 6.07) is -0.447. The van der Waals surface area contributed by atoms with E-state index in [2.05, 4.69) is 39.3 Å². The Kier molecular flexibility index (Phi) is 6.77. The Morgan fingerprint density at radius 3 is 2.70 bits per heavy atom. The lowest BCUT2D eigenvalue weighted by molar-refractivity contribution is -0.148. The van der Waals surface area contributed by atoms with Crippen molar-refractivity contribution >= 4 is 45.3 Å². The van der Waals surface area contributed by atoms with E-state index < -0.39 is 12.0 Å². The molecule has 1 saturated heterocycles. The van der Waals surface area contributed by atoms with Gasteiger partial charge in [-0.15, -0.1) is 11.3 Å². The molecular formula is C22H27N5O5S. The van der Waals surface area contributed by atoms with Crippen LogP contribution in [0.4, 0.5) is 10.6 Å². The van der Waals surface area contributed by atoms with Gasteiger partial charge in [0.05, 0.1) is 35.7 Å². The number of carbonyl (C=O) groups is 3. The Balaban J connectivity index is 1.38. The van der Waals surface area contributed by atoms with Gasteiger partial charge in [0.2, 0.25) is 0 Å². The largest absolute Gasteiger partial charge is 0.463 e. The van der Waals surface area contributed by atoms with Crippen molar-refractivity contribution in [1.82, 2.24) is 20.6 Å². The number of hydrogen-bond donors (Lipinski definition) is 2. The molecule has 4 rings (SSSR count). The lowest BCUT2D eigenvalue weighted by Crippen LogP contribution is -2.45. The van der Waals surface area contributed by atoms with Crippen molar-refractivity contribution < 1.29 is 23.9 Å². The molecule has 33 heavy (non-hydrogen) atoms. The zero-order chi connectivity index (χ0) is 23.5. The molecular weight excluding hydrogens is 446 g/mol. The molecule has 0 unspecified atom stereocenters. The Bertz CT molecular complexity index is 1120. The molecule has 10 nitrogen and oxygen atoms in total. The number of urea groups is 1. The number of nitrogens with zero attached hydrogens (tertiary/aromatic N) is 3. The fraction of sp³-hybridized carbons (Fsp3) is 0.500. The summed E-state index contributed by atoms with van der Waals surface area (Å²) >= 11 is 1.66. The van der Waals surface area contributed by atoms with Gasteiger partial charge in [-0.1, -0.05) is 0 Å². The second-order valence-electron chi connectivity index (χ2n) is 8.01. The van der Waals surface area contributed by atoms with E-state index in [-0.39, 0.29) is 42.9 Å². The molecule has 1 fully saturated rings. The molecule has 11 heteroatoms. The van der Waals surface area contributed by atoms with Gasteiger partial charge in [-0.25, -0.2) is 19.6 Å². The van der Waals surface area contributed by atoms with Crippen LogP contribution in [0, 0.1) is 19.8 Å². The average molecular weight is 474 g/mol. The van der Waals surface area contributed by atoms with Crippen LogP contribution >= 0.6 is 11.3 Å². The predicted molar refractivity (Wildman–Crippen MR) is 123 cm³/mol. The summed E-state index contributed by atoms with van der Waals surface area (Å²) < 4.78 is 10.5. The lowest BCUT2D eigenvalue weighted by Gasteiger charge is -2.32. The van der Waals surface area contributed by atoms with E-state index in [0.717, 1.165) is 16.0 Å². The molecule has 0 saturated carbocycles. The number of esters is 2. The molecule has 2 aromatic rings. The molecule has 0 atom stereocenters. The Labute approximate surface area is 195 Å². The fourth-order valence-electron chi connectivity index (χ4n) is 4.06. The number of carbonyl (C=O) groups excluding carboxylic acids is 3. The third-order valence-electron chi connectivity index (χ3n) is 6.01. The molecule has 0 aliphatic carbocycles. The SMILES string of the molecule is CCOC(=O)C1=C(COC(=O)C2CCN(c3ncnc4sc(C)c(C)c34)CC2)NC(=O)NC1. The van der Waals surface area contributed by atoms with E-state index in [1.54, 1.807) is 24.6 Å². The number of piperidine rings is 1. The van der Waals surface area contributed by atoms with Crippen LogP contribution < -0.4 is 15.5 Å². The number of nitrogens with one attached hydrogen (secondary N) is 2. The van der Waals surface area contributed by atoms with E-state index in [1.807, 2.05) is 0 Å². The summed E-state index contributed by atoms with van der Waals surface area (Å²) in [5, 5.41) is 6.16. The normalized spacial score (nSPS) is 17.1. The highest BCUT2D eigenvalue weighted by molar-refractivity contribution is 7.18. The van der Waals surface area contributed by atoms with Crippen molar-refractivity contribution in [1.29, 1.82) is 0 Å². The van der Waals surface area contributed by atoms with Crippen LogP contribution in [0.2, 0.25) is 0 Å². The molecule has 0 spiro atoms. The van der Waals surface area contributed by atoms with Gasteiger partial charge < -0.3 is 25.0 Å². The first-order valence-corrected chi connectivity index (χ1v) is 11.8. The molecule has 2 aromatic heterocycles. The Hall–Kier alpha value is -3.21. The quantitative estimate of drug-likeness (QED) is 0.612. The third-order valence-corrected chi connectivity index (χ3v) is 7.12. The van der Waals surface area contributed by atoms with Crippen LogP contribution in [-0.4, -0.2) is 60.8 Å². The minimum Gasteiger partial charge on any atom is -0.463 e. The standard InChI is InChI=1S/C22H27N5O5S/c1-4-31-21(29)15-9-23-22(30)26-16(15)10-32-20(28)14-5-7-27(8-6-14)18-17-12(2)13(3)33-19(17)25-11-24-18/h11,14H,4-10H2,1-3H3,(H2,23,26,30). The minimum atomic E-state index is -0.542. The predicted octanol–water partition coefficient (Wildman–Crippen LogP) is 2.20. The van der Waals surface area contributed by atoms with Gasteiger partial charge in [0.1, 0.15) is 23.6 Å². The highest BCUT2D eigenvalue weighted by Gasteiger charge is 2.30. The zero-order valence-corrected chi connectivity index (χ0v) is 19.7. The number of amides is 2. The van der Waals surface area contributed by atoms with Crippen LogP contribution in [0.15, 0.2) is 17.6 Å². The van der Waals surface area contributed by atoms with Crippen LogP contribution in [0.1, 0.15) is 30.2 Å². The number of fused-ring (bicyclic) bond motifs is 1. The smallest absolute Gasteiger partial charge is 0.337 e. The Morgan fingerprint density at radius 2 is 1.97 bits per heavy atom. The Morgan fingerprint density at radius 1 is 1.21 bits per heavy atom. The van der Waals surface area contributed by atoms with Gasteiger partial charge in [0.25, 0.3) is 0 Å². The van der Waals surface area contributed by atoms with Crippen molar-refractivity contribution in [2.24, 2.45) is 5.92 Å². The van der Waals surface area contributed by atoms with Crippen molar-refractivity contribution in [3.63, 3.8) is 0 Å². The first-order valence-electron chi connectivity index (χ1n) is 10.9. The van der Waals surface area contributed by atoms with E-state index >= 15 is 0 Å². The molecule has 2 N–H and O–H groups in total. The van der Waals surface area contributed by atoms with Gasteiger partial charge >= 0.3 is 18.0 Å². The highest BCUT2D eigenvalue weighted by Crippen LogP contribution is 2.35. The molecule has 0 bridgehead atoms. The number of rotatable bonds is 6. The molecule has 0 radical (unpaired) electrons. The van der Waals surface area contributed by atoms with Crippen molar-refractivity contribution in [3.05, 3.63) is 28.0 Å². The topological polar surface area (TPSA) is 123 Å². The lowest BCUT2D eigenvalue weighted by atomic mass is 9.96. The van der Waals surface area contributed by atoms with Crippen LogP contribution in [0.3, 0.4) is 0 Å². The number of ether oxygens (including phenoxy) is 2. The first kappa shape index (κ1) is 23.0. The van der Waals surface area contributed by atoms with E-state index in [9.17, 15) is 14.4 Å². The minimum absolute atomic E-state index is 0.0326. The maximum atomic E-state index is 12.7. The zero-order valence-electron chi connectivity index (χ0n) is 18.9. The second-order valence-corrected chi connectivity index (χ2v) is 9.22. The van der Waals surface area contributed by atoms with E-state index in [1.165, 1.54) is 10.4 Å². The maximum Gasteiger partial charge on any atom is 0.337 e. The van der Waals surface area contributed by atoms with Gasteiger partial charge in [-0.05, 0) is 39.2 Å². The summed E-state index contributed by atoms with van der Waals surface area (Å²) in [5.41, 5.74) is 1.71. The number of aromatic nitrogens is 2. The van der Waals surface area contributed by atoms with Gasteiger partial charge in [0, 0.05) is 18.0 Å². The molecule has 176 valence electrons. The molecule has 2 amide bonds. The van der Waals surface area contributed by atoms with Gasteiger partial charge in [-0.2, -0.15) is 0 Å². The molecule has 2 aliphatic heterocycles. The summed E-state index contributed by atoms with van der Waals surface area (Å²) in [7, 11) is 0. The second kappa shape index (κ2) is 9.74. The number of aryl methyl sites for hydroxylation is 2.